The van der Waals surface area contributed by atoms with Gasteiger partial charge in [0, 0.05) is 35.6 Å². The lowest BCUT2D eigenvalue weighted by atomic mass is 10.1. The van der Waals surface area contributed by atoms with Crippen molar-refractivity contribution in [1.82, 2.24) is 9.47 Å². The van der Waals surface area contributed by atoms with Crippen LogP contribution in [0.25, 0.3) is 5.69 Å². The van der Waals surface area contributed by atoms with E-state index in [-0.39, 0.29) is 43.6 Å². The quantitative estimate of drug-likeness (QED) is 0.299. The minimum atomic E-state index is -0.545. The summed E-state index contributed by atoms with van der Waals surface area (Å²) in [4.78, 5) is 50.7. The van der Waals surface area contributed by atoms with E-state index in [1.807, 2.05) is 48.7 Å². The number of carbonyl (C=O) groups excluding carboxylic acids is 4. The average molecular weight is 444 g/mol. The Morgan fingerprint density at radius 1 is 0.879 bits per heavy atom. The van der Waals surface area contributed by atoms with Crippen molar-refractivity contribution in [2.45, 2.75) is 26.7 Å². The number of ether oxygens (including phenoxy) is 1. The second kappa shape index (κ2) is 9.24. The molecule has 0 radical (unpaired) electrons. The first kappa shape index (κ1) is 22.2. The lowest BCUT2D eigenvalue weighted by molar-refractivity contribution is -0.142. The van der Waals surface area contributed by atoms with Gasteiger partial charge in [-0.2, -0.15) is 0 Å². The molecule has 0 spiro atoms. The van der Waals surface area contributed by atoms with Crippen molar-refractivity contribution >= 4 is 23.6 Å². The molecule has 0 unspecified atom stereocenters. The summed E-state index contributed by atoms with van der Waals surface area (Å²) in [5, 5.41) is 0. The van der Waals surface area contributed by atoms with Crippen molar-refractivity contribution in [3.8, 4) is 5.69 Å². The Morgan fingerprint density at radius 2 is 1.48 bits per heavy atom. The fraction of sp³-hybridized carbons (Fsp3) is 0.231. The second-order valence-corrected chi connectivity index (χ2v) is 7.95. The number of esters is 1. The molecule has 2 heterocycles. The molecule has 7 heteroatoms. The van der Waals surface area contributed by atoms with E-state index in [9.17, 15) is 19.2 Å². The summed E-state index contributed by atoms with van der Waals surface area (Å²) >= 11 is 0. The Morgan fingerprint density at radius 3 is 2.12 bits per heavy atom. The molecule has 33 heavy (non-hydrogen) atoms. The van der Waals surface area contributed by atoms with Gasteiger partial charge in [-0.15, -0.1) is 0 Å². The molecular formula is C26H24N2O5. The van der Waals surface area contributed by atoms with Crippen LogP contribution >= 0.6 is 0 Å². The number of ketones is 1. The molecule has 2 amide bonds. The Balaban J connectivity index is 1.29. The van der Waals surface area contributed by atoms with Crippen LogP contribution in [0.1, 0.15) is 55.3 Å². The highest BCUT2D eigenvalue weighted by Crippen LogP contribution is 2.23. The fourth-order valence-electron chi connectivity index (χ4n) is 4.14. The van der Waals surface area contributed by atoms with Crippen LogP contribution in [0, 0.1) is 13.8 Å². The highest BCUT2D eigenvalue weighted by atomic mass is 16.5. The van der Waals surface area contributed by atoms with Gasteiger partial charge in [0.15, 0.2) is 6.61 Å². The Hall–Kier alpha value is -4.00. The number of carbonyl (C=O) groups is 4. The van der Waals surface area contributed by atoms with Crippen LogP contribution in [0.15, 0.2) is 60.7 Å². The van der Waals surface area contributed by atoms with Crippen molar-refractivity contribution < 1.29 is 23.9 Å². The van der Waals surface area contributed by atoms with Crippen LogP contribution in [-0.4, -0.2) is 46.2 Å². The molecule has 1 aliphatic heterocycles. The fourth-order valence-corrected chi connectivity index (χ4v) is 4.14. The number of hydrogen-bond acceptors (Lipinski definition) is 5. The Kier molecular flexibility index (Phi) is 6.22. The molecule has 0 saturated carbocycles. The largest absolute Gasteiger partial charge is 0.457 e. The SMILES string of the molecule is Cc1cc(C(=O)COC(=O)CCCN2C(=O)c3ccccc3C2=O)c(C)n1-c1ccccc1. The zero-order valence-corrected chi connectivity index (χ0v) is 18.5. The summed E-state index contributed by atoms with van der Waals surface area (Å²) < 4.78 is 7.15. The molecule has 168 valence electrons. The van der Waals surface area contributed by atoms with Crippen LogP contribution in [0.2, 0.25) is 0 Å². The number of amides is 2. The zero-order chi connectivity index (χ0) is 23.5. The van der Waals surface area contributed by atoms with Crippen LogP contribution < -0.4 is 0 Å². The first-order valence-corrected chi connectivity index (χ1v) is 10.8. The third-order valence-electron chi connectivity index (χ3n) is 5.75. The lowest BCUT2D eigenvalue weighted by Crippen LogP contribution is -2.31. The highest BCUT2D eigenvalue weighted by Gasteiger charge is 2.34. The minimum absolute atomic E-state index is 0.00369. The molecule has 2 aromatic carbocycles. The van der Waals surface area contributed by atoms with Crippen LogP contribution in [0.5, 0.6) is 0 Å². The maximum atomic E-state index is 12.7. The third-order valence-corrected chi connectivity index (χ3v) is 5.75. The van der Waals surface area contributed by atoms with Crippen LogP contribution in [0.3, 0.4) is 0 Å². The summed E-state index contributed by atoms with van der Waals surface area (Å²) in [5.41, 5.74) is 3.92. The van der Waals surface area contributed by atoms with E-state index >= 15 is 0 Å². The van der Waals surface area contributed by atoms with E-state index < -0.39 is 5.97 Å². The molecule has 0 bridgehead atoms. The van der Waals surface area contributed by atoms with Gasteiger partial charge in [0.25, 0.3) is 11.8 Å². The first-order valence-electron chi connectivity index (χ1n) is 10.8. The molecule has 7 nitrogen and oxygen atoms in total. The molecule has 4 rings (SSSR count). The standard InChI is InChI=1S/C26H24N2O5/c1-17-15-22(18(2)28(17)19-9-4-3-5-10-19)23(29)16-33-24(30)13-8-14-27-25(31)20-11-6-7-12-21(20)26(27)32/h3-7,9-12,15H,8,13-14,16H2,1-2H3. The average Bonchev–Trinajstić information content (AvgIpc) is 3.26. The van der Waals surface area contributed by atoms with E-state index in [4.69, 9.17) is 4.74 Å². The van der Waals surface area contributed by atoms with Crippen molar-refractivity contribution in [2.24, 2.45) is 0 Å². The van der Waals surface area contributed by atoms with Gasteiger partial charge >= 0.3 is 5.97 Å². The number of imide groups is 1. The van der Waals surface area contributed by atoms with Gasteiger partial charge in [-0.3, -0.25) is 24.1 Å². The van der Waals surface area contributed by atoms with E-state index in [0.29, 0.717) is 16.7 Å². The number of para-hydroxylation sites is 1. The zero-order valence-electron chi connectivity index (χ0n) is 18.5. The molecular weight excluding hydrogens is 420 g/mol. The monoisotopic (exact) mass is 444 g/mol. The van der Waals surface area contributed by atoms with E-state index in [2.05, 4.69) is 0 Å². The summed E-state index contributed by atoms with van der Waals surface area (Å²) in [6.45, 7) is 3.54. The van der Waals surface area contributed by atoms with Gasteiger partial charge in [0.2, 0.25) is 5.78 Å². The number of hydrogen-bond donors (Lipinski definition) is 0. The van der Waals surface area contributed by atoms with Crippen LogP contribution in [0.4, 0.5) is 0 Å². The van der Waals surface area contributed by atoms with Gasteiger partial charge in [0.1, 0.15) is 0 Å². The highest BCUT2D eigenvalue weighted by molar-refractivity contribution is 6.21. The number of rotatable bonds is 8. The number of benzene rings is 2. The molecule has 1 aliphatic rings. The molecule has 3 aromatic rings. The van der Waals surface area contributed by atoms with Crippen molar-refractivity contribution in [3.05, 3.63) is 88.7 Å². The van der Waals surface area contributed by atoms with Gasteiger partial charge < -0.3 is 9.30 Å². The normalized spacial score (nSPS) is 12.7. The van der Waals surface area contributed by atoms with Crippen molar-refractivity contribution in [1.29, 1.82) is 0 Å². The third kappa shape index (κ3) is 4.35. The molecule has 1 aromatic heterocycles. The van der Waals surface area contributed by atoms with Gasteiger partial charge in [-0.1, -0.05) is 30.3 Å². The molecule has 0 atom stereocenters. The Labute approximate surface area is 191 Å². The number of aromatic nitrogens is 1. The maximum Gasteiger partial charge on any atom is 0.306 e. The van der Waals surface area contributed by atoms with E-state index in [1.165, 1.54) is 0 Å². The molecule has 0 aliphatic carbocycles. The topological polar surface area (TPSA) is 85.7 Å². The number of aryl methyl sites for hydroxylation is 1. The van der Waals surface area contributed by atoms with E-state index in [1.54, 1.807) is 30.3 Å². The van der Waals surface area contributed by atoms with E-state index in [0.717, 1.165) is 22.0 Å². The molecule has 0 saturated heterocycles. The minimum Gasteiger partial charge on any atom is -0.457 e. The van der Waals surface area contributed by atoms with Gasteiger partial charge in [-0.05, 0) is 50.6 Å². The number of Topliss-reactive ketones (excluding diaryl/α,β-unsaturated/α-hetero) is 1. The predicted molar refractivity (Wildman–Crippen MR) is 122 cm³/mol. The predicted octanol–water partition coefficient (Wildman–Crippen LogP) is 3.90. The second-order valence-electron chi connectivity index (χ2n) is 7.95. The summed E-state index contributed by atoms with van der Waals surface area (Å²) in [5.74, 6) is -1.53. The van der Waals surface area contributed by atoms with Crippen LogP contribution in [-0.2, 0) is 9.53 Å². The number of fused-ring (bicyclic) bond motifs is 1. The number of nitrogens with zero attached hydrogens (tertiary/aromatic N) is 2. The molecule has 0 fully saturated rings. The summed E-state index contributed by atoms with van der Waals surface area (Å²) in [6, 6.07) is 18.1. The van der Waals surface area contributed by atoms with Crippen molar-refractivity contribution in [2.75, 3.05) is 13.2 Å². The summed E-state index contributed by atoms with van der Waals surface area (Å²) in [6.07, 6.45) is 0.269. The van der Waals surface area contributed by atoms with Gasteiger partial charge in [0.05, 0.1) is 11.1 Å². The smallest absolute Gasteiger partial charge is 0.306 e. The summed E-state index contributed by atoms with van der Waals surface area (Å²) in [7, 11) is 0. The first-order chi connectivity index (χ1) is 15.9. The van der Waals surface area contributed by atoms with Crippen molar-refractivity contribution in [3.63, 3.8) is 0 Å². The maximum absolute atomic E-state index is 12.7. The van der Waals surface area contributed by atoms with Gasteiger partial charge in [-0.25, -0.2) is 0 Å². The lowest BCUT2D eigenvalue weighted by Gasteiger charge is -2.13. The Bertz CT molecular complexity index is 1210. The molecule has 0 N–H and O–H groups in total.